The fourth-order valence-electron chi connectivity index (χ4n) is 1.97. The molecule has 0 saturated heterocycles. The lowest BCUT2D eigenvalue weighted by molar-refractivity contribution is 0.132. The lowest BCUT2D eigenvalue weighted by Gasteiger charge is -2.27. The molecule has 0 amide bonds. The molecule has 12 heavy (non-hydrogen) atoms. The molecule has 0 bridgehead atoms. The van der Waals surface area contributed by atoms with Crippen LogP contribution in [0.3, 0.4) is 0 Å². The van der Waals surface area contributed by atoms with E-state index >= 15 is 0 Å². The van der Waals surface area contributed by atoms with E-state index in [9.17, 15) is 5.11 Å². The topological polar surface area (TPSA) is 20.2 Å². The van der Waals surface area contributed by atoms with Crippen molar-refractivity contribution in [2.24, 2.45) is 0 Å². The van der Waals surface area contributed by atoms with Gasteiger partial charge in [-0.15, -0.1) is 0 Å². The van der Waals surface area contributed by atoms with Gasteiger partial charge in [0.1, 0.15) is 0 Å². The number of aliphatic hydroxyl groups is 1. The summed E-state index contributed by atoms with van der Waals surface area (Å²) in [4.78, 5) is 0. The van der Waals surface area contributed by atoms with Gasteiger partial charge in [-0.25, -0.2) is 0 Å². The molecule has 0 aromatic heterocycles. The summed E-state index contributed by atoms with van der Waals surface area (Å²) in [6.07, 6.45) is 1.81. The largest absolute Gasteiger partial charge is 0.392 e. The summed E-state index contributed by atoms with van der Waals surface area (Å²) in [5.41, 5.74) is 2.74. The number of hydrogen-bond donors (Lipinski definition) is 1. The Hall–Kier alpha value is -0.820. The van der Waals surface area contributed by atoms with Gasteiger partial charge in [-0.2, -0.15) is 0 Å². The van der Waals surface area contributed by atoms with Gasteiger partial charge in [-0.3, -0.25) is 0 Å². The third-order valence-electron chi connectivity index (χ3n) is 2.83. The highest BCUT2D eigenvalue weighted by Gasteiger charge is 2.23. The molecule has 1 heteroatoms. The highest BCUT2D eigenvalue weighted by Crippen LogP contribution is 2.30. The molecule has 0 radical (unpaired) electrons. The molecule has 1 aromatic carbocycles. The molecular formula is C11H14O. The minimum absolute atomic E-state index is 0.139. The van der Waals surface area contributed by atoms with Crippen LogP contribution in [0.2, 0.25) is 0 Å². The van der Waals surface area contributed by atoms with E-state index in [2.05, 4.69) is 25.1 Å². The molecule has 1 aliphatic carbocycles. The maximum absolute atomic E-state index is 9.62. The van der Waals surface area contributed by atoms with Gasteiger partial charge >= 0.3 is 0 Å². The fraction of sp³-hybridized carbons (Fsp3) is 0.455. The zero-order chi connectivity index (χ0) is 8.55. The van der Waals surface area contributed by atoms with Crippen molar-refractivity contribution in [2.45, 2.75) is 31.8 Å². The van der Waals surface area contributed by atoms with Crippen LogP contribution in [0.1, 0.15) is 30.4 Å². The second-order valence-electron chi connectivity index (χ2n) is 3.59. The van der Waals surface area contributed by atoms with Crippen molar-refractivity contribution in [3.63, 3.8) is 0 Å². The molecule has 1 N–H and O–H groups in total. The van der Waals surface area contributed by atoms with E-state index in [-0.39, 0.29) is 6.10 Å². The van der Waals surface area contributed by atoms with Crippen LogP contribution < -0.4 is 0 Å². The summed E-state index contributed by atoms with van der Waals surface area (Å²) in [7, 11) is 0. The molecule has 0 aliphatic heterocycles. The quantitative estimate of drug-likeness (QED) is 0.619. The second-order valence-corrected chi connectivity index (χ2v) is 3.59. The Labute approximate surface area is 73.0 Å². The zero-order valence-corrected chi connectivity index (χ0v) is 7.33. The third-order valence-corrected chi connectivity index (χ3v) is 2.83. The van der Waals surface area contributed by atoms with E-state index in [1.165, 1.54) is 11.1 Å². The fourth-order valence-corrected chi connectivity index (χ4v) is 1.97. The van der Waals surface area contributed by atoms with Crippen LogP contribution in [0, 0.1) is 0 Å². The van der Waals surface area contributed by atoms with Crippen LogP contribution in [-0.4, -0.2) is 11.2 Å². The first-order valence-corrected chi connectivity index (χ1v) is 4.55. The van der Waals surface area contributed by atoms with E-state index in [1.807, 2.05) is 6.07 Å². The number of benzene rings is 1. The number of hydrogen-bond acceptors (Lipinski definition) is 1. The Bertz CT molecular complexity index is 280. The van der Waals surface area contributed by atoms with Crippen LogP contribution in [0.5, 0.6) is 0 Å². The van der Waals surface area contributed by atoms with Gasteiger partial charge in [0.2, 0.25) is 0 Å². The van der Waals surface area contributed by atoms with Crippen molar-refractivity contribution in [1.82, 2.24) is 0 Å². The van der Waals surface area contributed by atoms with Gasteiger partial charge in [0, 0.05) is 5.92 Å². The average Bonchev–Trinajstić information content (AvgIpc) is 2.12. The van der Waals surface area contributed by atoms with Crippen molar-refractivity contribution in [3.8, 4) is 0 Å². The molecule has 0 spiro atoms. The minimum Gasteiger partial charge on any atom is -0.392 e. The van der Waals surface area contributed by atoms with Crippen molar-refractivity contribution in [3.05, 3.63) is 35.4 Å². The molecule has 1 nitrogen and oxygen atoms in total. The van der Waals surface area contributed by atoms with Crippen molar-refractivity contribution in [1.29, 1.82) is 0 Å². The van der Waals surface area contributed by atoms with Crippen LogP contribution in [0.25, 0.3) is 0 Å². The van der Waals surface area contributed by atoms with Crippen molar-refractivity contribution < 1.29 is 5.11 Å². The first kappa shape index (κ1) is 7.81. The lowest BCUT2D eigenvalue weighted by atomic mass is 9.82. The van der Waals surface area contributed by atoms with E-state index < -0.39 is 0 Å². The number of rotatable bonds is 0. The Morgan fingerprint density at radius 2 is 2.08 bits per heavy atom. The number of fused-ring (bicyclic) bond motifs is 1. The highest BCUT2D eigenvalue weighted by atomic mass is 16.3. The summed E-state index contributed by atoms with van der Waals surface area (Å²) in [6, 6.07) is 8.41. The molecule has 0 saturated carbocycles. The summed E-state index contributed by atoms with van der Waals surface area (Å²) in [6.45, 7) is 2.10. The van der Waals surface area contributed by atoms with Crippen molar-refractivity contribution >= 4 is 0 Å². The average molecular weight is 162 g/mol. The van der Waals surface area contributed by atoms with E-state index in [4.69, 9.17) is 0 Å². The SMILES string of the molecule is C[C@@H]1c2ccccc2CC[C@@H]1O. The van der Waals surface area contributed by atoms with E-state index in [0.717, 1.165) is 12.8 Å². The first-order chi connectivity index (χ1) is 5.79. The maximum atomic E-state index is 9.62. The highest BCUT2D eigenvalue weighted by molar-refractivity contribution is 5.33. The van der Waals surface area contributed by atoms with Gasteiger partial charge in [0.05, 0.1) is 6.10 Å². The number of aryl methyl sites for hydroxylation is 1. The molecule has 64 valence electrons. The van der Waals surface area contributed by atoms with Gasteiger partial charge in [0.15, 0.2) is 0 Å². The molecule has 1 aliphatic rings. The Morgan fingerprint density at radius 1 is 1.33 bits per heavy atom. The predicted molar refractivity (Wildman–Crippen MR) is 49.2 cm³/mol. The van der Waals surface area contributed by atoms with E-state index in [0.29, 0.717) is 5.92 Å². The summed E-state index contributed by atoms with van der Waals surface area (Å²) < 4.78 is 0. The lowest BCUT2D eigenvalue weighted by Crippen LogP contribution is -2.22. The van der Waals surface area contributed by atoms with Crippen molar-refractivity contribution in [2.75, 3.05) is 0 Å². The summed E-state index contributed by atoms with van der Waals surface area (Å²) in [5, 5.41) is 9.62. The Morgan fingerprint density at radius 3 is 2.92 bits per heavy atom. The molecule has 0 heterocycles. The van der Waals surface area contributed by atoms with Gasteiger partial charge in [-0.1, -0.05) is 31.2 Å². The molecule has 1 aromatic rings. The minimum atomic E-state index is -0.139. The maximum Gasteiger partial charge on any atom is 0.0609 e. The normalized spacial score (nSPS) is 28.2. The van der Waals surface area contributed by atoms with Crippen LogP contribution in [0.4, 0.5) is 0 Å². The predicted octanol–water partition coefficient (Wildman–Crippen LogP) is 2.10. The van der Waals surface area contributed by atoms with Gasteiger partial charge < -0.3 is 5.11 Å². The first-order valence-electron chi connectivity index (χ1n) is 4.55. The van der Waals surface area contributed by atoms with Crippen LogP contribution >= 0.6 is 0 Å². The van der Waals surface area contributed by atoms with Crippen LogP contribution in [-0.2, 0) is 6.42 Å². The van der Waals surface area contributed by atoms with Gasteiger partial charge in [-0.05, 0) is 24.0 Å². The monoisotopic (exact) mass is 162 g/mol. The van der Waals surface area contributed by atoms with Gasteiger partial charge in [0.25, 0.3) is 0 Å². The second kappa shape index (κ2) is 2.91. The van der Waals surface area contributed by atoms with E-state index in [1.54, 1.807) is 0 Å². The summed E-state index contributed by atoms with van der Waals surface area (Å²) in [5.74, 6) is 0.315. The Kier molecular flexibility index (Phi) is 1.89. The smallest absolute Gasteiger partial charge is 0.0609 e. The van der Waals surface area contributed by atoms with Crippen LogP contribution in [0.15, 0.2) is 24.3 Å². The molecular weight excluding hydrogens is 148 g/mol. The standard InChI is InChI=1S/C11H14O/c1-8-10-5-3-2-4-9(10)6-7-11(8)12/h2-5,8,11-12H,6-7H2,1H3/t8-,11+/m1/s1. The molecule has 2 atom stereocenters. The molecule has 0 fully saturated rings. The number of aliphatic hydroxyl groups excluding tert-OH is 1. The Balaban J connectivity index is 2.42. The summed E-state index contributed by atoms with van der Waals surface area (Å²) >= 11 is 0. The molecule has 0 unspecified atom stereocenters. The zero-order valence-electron chi connectivity index (χ0n) is 7.33. The molecule has 2 rings (SSSR count). The third kappa shape index (κ3) is 1.14.